The number of hydrogen-bond donors (Lipinski definition) is 2. The van der Waals surface area contributed by atoms with Crippen LogP contribution in [0.2, 0.25) is 0 Å². The molecule has 0 bridgehead atoms. The van der Waals surface area contributed by atoms with Crippen molar-refractivity contribution in [2.24, 2.45) is 11.1 Å². The Morgan fingerprint density at radius 3 is 2.34 bits per heavy atom. The molecule has 1 aromatic heterocycles. The van der Waals surface area contributed by atoms with Gasteiger partial charge in [0.05, 0.1) is 12.6 Å². The molecular formula is C24H27F2N5O. The zero-order valence-corrected chi connectivity index (χ0v) is 18.2. The molecule has 0 saturated heterocycles. The first kappa shape index (κ1) is 22.1. The lowest BCUT2D eigenvalue weighted by molar-refractivity contribution is -0.111. The molecule has 32 heavy (non-hydrogen) atoms. The molecule has 1 aliphatic rings. The molecule has 0 saturated carbocycles. The van der Waals surface area contributed by atoms with Crippen molar-refractivity contribution in [1.82, 2.24) is 14.5 Å². The number of aromatic nitrogens is 2. The van der Waals surface area contributed by atoms with Gasteiger partial charge in [0.2, 0.25) is 0 Å². The van der Waals surface area contributed by atoms with E-state index in [-0.39, 0.29) is 17.0 Å². The van der Waals surface area contributed by atoms with E-state index in [0.29, 0.717) is 25.3 Å². The molecule has 168 valence electrons. The summed E-state index contributed by atoms with van der Waals surface area (Å²) >= 11 is 0. The van der Waals surface area contributed by atoms with Crippen molar-refractivity contribution in [2.45, 2.75) is 33.0 Å². The van der Waals surface area contributed by atoms with Crippen molar-refractivity contribution in [2.75, 3.05) is 18.4 Å². The summed E-state index contributed by atoms with van der Waals surface area (Å²) in [6.07, 6.45) is 0.794. The summed E-state index contributed by atoms with van der Waals surface area (Å²) in [6, 6.07) is 11.8. The van der Waals surface area contributed by atoms with Crippen LogP contribution in [0.15, 0.2) is 48.5 Å². The molecule has 8 heteroatoms. The van der Waals surface area contributed by atoms with E-state index in [1.165, 1.54) is 24.3 Å². The van der Waals surface area contributed by atoms with E-state index in [1.807, 2.05) is 13.8 Å². The Hall–Kier alpha value is -3.10. The van der Waals surface area contributed by atoms with E-state index >= 15 is 0 Å². The van der Waals surface area contributed by atoms with Crippen molar-refractivity contribution in [3.8, 4) is 11.3 Å². The maximum absolute atomic E-state index is 13.5. The third-order valence-corrected chi connectivity index (χ3v) is 5.96. The van der Waals surface area contributed by atoms with Crippen LogP contribution in [0.1, 0.15) is 19.7 Å². The Labute approximate surface area is 186 Å². The second-order valence-corrected chi connectivity index (χ2v) is 8.88. The van der Waals surface area contributed by atoms with Crippen LogP contribution in [-0.4, -0.2) is 39.9 Å². The first-order valence-corrected chi connectivity index (χ1v) is 10.6. The fraction of sp³-hybridized carbons (Fsp3) is 0.333. The minimum atomic E-state index is -0.547. The Bertz CT molecular complexity index is 1090. The summed E-state index contributed by atoms with van der Waals surface area (Å²) in [5.74, 6) is 1.01. The average Bonchev–Trinajstić information content (AvgIpc) is 3.12. The molecule has 6 nitrogen and oxygen atoms in total. The minimum Gasteiger partial charge on any atom is -0.340 e. The highest BCUT2D eigenvalue weighted by Crippen LogP contribution is 2.34. The normalized spacial score (nSPS) is 15.3. The van der Waals surface area contributed by atoms with Crippen molar-refractivity contribution in [3.05, 3.63) is 66.0 Å². The Morgan fingerprint density at radius 1 is 1.09 bits per heavy atom. The van der Waals surface area contributed by atoms with Crippen molar-refractivity contribution in [3.63, 3.8) is 0 Å². The zero-order chi connectivity index (χ0) is 22.9. The van der Waals surface area contributed by atoms with Gasteiger partial charge in [0, 0.05) is 30.9 Å². The molecule has 2 heterocycles. The van der Waals surface area contributed by atoms with E-state index in [4.69, 9.17) is 10.7 Å². The number of anilines is 2. The molecule has 0 fully saturated rings. The number of benzene rings is 2. The third kappa shape index (κ3) is 4.56. The van der Waals surface area contributed by atoms with Gasteiger partial charge in [-0.3, -0.25) is 4.90 Å². The number of hydrogen-bond acceptors (Lipinski definition) is 5. The lowest BCUT2D eigenvalue weighted by Crippen LogP contribution is -2.48. The standard InChI is InChI=1S/C24H27F2N5O/c1-24(2,20(27)14-32)15-30-11-12-31-21(13-30)29-22(16-3-5-17(25)6-4-16)23(31)28-19-9-7-18(26)8-10-19/h3-10,14,20,28H,11-13,15,27H2,1-2H3/t20-/m1/s1. The van der Waals surface area contributed by atoms with Gasteiger partial charge >= 0.3 is 0 Å². The Morgan fingerprint density at radius 2 is 1.72 bits per heavy atom. The van der Waals surface area contributed by atoms with Gasteiger partial charge in [-0.25, -0.2) is 13.8 Å². The molecule has 0 spiro atoms. The van der Waals surface area contributed by atoms with Crippen molar-refractivity contribution < 1.29 is 13.6 Å². The van der Waals surface area contributed by atoms with Crippen LogP contribution in [0.4, 0.5) is 20.3 Å². The summed E-state index contributed by atoms with van der Waals surface area (Å²) in [5.41, 5.74) is 7.85. The Balaban J connectivity index is 1.67. The van der Waals surface area contributed by atoms with Gasteiger partial charge in [-0.15, -0.1) is 0 Å². The molecule has 1 atom stereocenters. The van der Waals surface area contributed by atoms with Gasteiger partial charge in [-0.1, -0.05) is 13.8 Å². The van der Waals surface area contributed by atoms with Crippen LogP contribution in [0, 0.1) is 17.0 Å². The predicted molar refractivity (Wildman–Crippen MR) is 120 cm³/mol. The second-order valence-electron chi connectivity index (χ2n) is 8.88. The van der Waals surface area contributed by atoms with Crippen LogP contribution >= 0.6 is 0 Å². The number of carbonyl (C=O) groups is 1. The quantitative estimate of drug-likeness (QED) is 0.546. The molecule has 0 amide bonds. The largest absolute Gasteiger partial charge is 0.340 e. The molecule has 0 unspecified atom stereocenters. The maximum atomic E-state index is 13.5. The molecule has 1 aliphatic heterocycles. The van der Waals surface area contributed by atoms with Crippen LogP contribution in [0.5, 0.6) is 0 Å². The number of rotatable bonds is 7. The van der Waals surface area contributed by atoms with Crippen LogP contribution in [0.3, 0.4) is 0 Å². The molecule has 0 radical (unpaired) electrons. The van der Waals surface area contributed by atoms with Gasteiger partial charge < -0.3 is 20.4 Å². The summed E-state index contributed by atoms with van der Waals surface area (Å²) in [6.45, 7) is 6.66. The molecule has 3 aromatic rings. The SMILES string of the molecule is CC(C)(CN1CCn2c(nc(-c3ccc(F)cc3)c2Nc2ccc(F)cc2)C1)[C@H](N)C=O. The number of nitrogens with two attached hydrogens (primary N) is 1. The number of nitrogens with one attached hydrogen (secondary N) is 1. The van der Waals surface area contributed by atoms with Gasteiger partial charge in [0.1, 0.15) is 35.3 Å². The first-order chi connectivity index (χ1) is 15.3. The van der Waals surface area contributed by atoms with Crippen LogP contribution in [0.25, 0.3) is 11.3 Å². The third-order valence-electron chi connectivity index (χ3n) is 5.96. The van der Waals surface area contributed by atoms with Gasteiger partial charge in [-0.2, -0.15) is 0 Å². The van der Waals surface area contributed by atoms with Crippen LogP contribution in [-0.2, 0) is 17.9 Å². The minimum absolute atomic E-state index is 0.309. The summed E-state index contributed by atoms with van der Waals surface area (Å²) in [4.78, 5) is 18.3. The van der Waals surface area contributed by atoms with E-state index < -0.39 is 6.04 Å². The number of fused-ring (bicyclic) bond motifs is 1. The van der Waals surface area contributed by atoms with Gasteiger partial charge in [0.15, 0.2) is 0 Å². The molecular weight excluding hydrogens is 412 g/mol. The van der Waals surface area contributed by atoms with Crippen molar-refractivity contribution in [1.29, 1.82) is 0 Å². The van der Waals surface area contributed by atoms with E-state index in [0.717, 1.165) is 35.7 Å². The fourth-order valence-corrected chi connectivity index (χ4v) is 3.99. The molecule has 4 rings (SSSR count). The monoisotopic (exact) mass is 439 g/mol. The van der Waals surface area contributed by atoms with E-state index in [1.54, 1.807) is 24.3 Å². The highest BCUT2D eigenvalue weighted by molar-refractivity contribution is 5.76. The summed E-state index contributed by atoms with van der Waals surface area (Å²) in [5, 5.41) is 3.37. The van der Waals surface area contributed by atoms with Crippen LogP contribution < -0.4 is 11.1 Å². The van der Waals surface area contributed by atoms with E-state index in [2.05, 4.69) is 14.8 Å². The summed E-state index contributed by atoms with van der Waals surface area (Å²) < 4.78 is 29.0. The number of aldehydes is 1. The highest BCUT2D eigenvalue weighted by atomic mass is 19.1. The zero-order valence-electron chi connectivity index (χ0n) is 18.2. The highest BCUT2D eigenvalue weighted by Gasteiger charge is 2.32. The molecule has 2 aromatic carbocycles. The Kier molecular flexibility index (Phi) is 6.08. The van der Waals surface area contributed by atoms with Gasteiger partial charge in [0.25, 0.3) is 0 Å². The lowest BCUT2D eigenvalue weighted by Gasteiger charge is -2.36. The van der Waals surface area contributed by atoms with Crippen molar-refractivity contribution >= 4 is 17.8 Å². The van der Waals surface area contributed by atoms with E-state index in [9.17, 15) is 13.6 Å². The topological polar surface area (TPSA) is 76.2 Å². The fourth-order valence-electron chi connectivity index (χ4n) is 3.99. The second kappa shape index (κ2) is 8.80. The number of imidazole rings is 1. The average molecular weight is 440 g/mol. The smallest absolute Gasteiger partial charge is 0.138 e. The van der Waals surface area contributed by atoms with Gasteiger partial charge in [-0.05, 0) is 53.9 Å². The number of carbonyl (C=O) groups excluding carboxylic acids is 1. The number of halogens is 2. The maximum Gasteiger partial charge on any atom is 0.138 e. The predicted octanol–water partition coefficient (Wildman–Crippen LogP) is 3.94. The molecule has 0 aliphatic carbocycles. The number of nitrogens with zero attached hydrogens (tertiary/aromatic N) is 3. The first-order valence-electron chi connectivity index (χ1n) is 10.6. The molecule has 3 N–H and O–H groups in total. The lowest BCUT2D eigenvalue weighted by atomic mass is 9.85. The summed E-state index contributed by atoms with van der Waals surface area (Å²) in [7, 11) is 0.